The maximum absolute atomic E-state index is 11.6. The van der Waals surface area contributed by atoms with E-state index in [1.165, 1.54) is 0 Å². The van der Waals surface area contributed by atoms with Crippen LogP contribution >= 0.6 is 0 Å². The zero-order valence-corrected chi connectivity index (χ0v) is 9.60. The molecule has 3 N–H and O–H groups in total. The summed E-state index contributed by atoms with van der Waals surface area (Å²) in [4.78, 5) is 33.7. The first kappa shape index (κ1) is 11.9. The lowest BCUT2D eigenvalue weighted by Crippen LogP contribution is -2.46. The monoisotopic (exact) mass is 240 g/mol. The second kappa shape index (κ2) is 4.35. The minimum Gasteiger partial charge on any atom is -0.481 e. The van der Waals surface area contributed by atoms with Crippen molar-refractivity contribution in [1.82, 2.24) is 10.6 Å². The molecule has 3 unspecified atom stereocenters. The van der Waals surface area contributed by atoms with Gasteiger partial charge in [0, 0.05) is 6.04 Å². The molecular weight excluding hydrogens is 224 g/mol. The van der Waals surface area contributed by atoms with Gasteiger partial charge in [0.05, 0.1) is 11.8 Å². The summed E-state index contributed by atoms with van der Waals surface area (Å²) < 4.78 is 0. The Bertz CT molecular complexity index is 364. The second-order valence-corrected chi connectivity index (χ2v) is 4.80. The molecule has 2 aliphatic rings. The molecule has 6 nitrogen and oxygen atoms in total. The van der Waals surface area contributed by atoms with E-state index in [4.69, 9.17) is 5.11 Å². The van der Waals surface area contributed by atoms with Crippen molar-refractivity contribution in [2.24, 2.45) is 11.8 Å². The number of rotatable bonds is 5. The van der Waals surface area contributed by atoms with E-state index in [2.05, 4.69) is 10.6 Å². The van der Waals surface area contributed by atoms with Crippen molar-refractivity contribution in [2.45, 2.75) is 38.3 Å². The Hall–Kier alpha value is -1.59. The highest BCUT2D eigenvalue weighted by atomic mass is 16.4. The highest BCUT2D eigenvalue weighted by Gasteiger charge is 2.48. The van der Waals surface area contributed by atoms with Gasteiger partial charge in [-0.3, -0.25) is 14.4 Å². The highest BCUT2D eigenvalue weighted by Crippen LogP contribution is 2.38. The van der Waals surface area contributed by atoms with Gasteiger partial charge in [-0.15, -0.1) is 0 Å². The molecule has 3 atom stereocenters. The first-order valence-electron chi connectivity index (χ1n) is 5.82. The van der Waals surface area contributed by atoms with Crippen LogP contribution < -0.4 is 10.6 Å². The molecule has 0 bridgehead atoms. The number of amides is 2. The van der Waals surface area contributed by atoms with Crippen molar-refractivity contribution in [3.05, 3.63) is 0 Å². The molecule has 0 aliphatic heterocycles. The summed E-state index contributed by atoms with van der Waals surface area (Å²) in [6.45, 7) is 1.60. The molecule has 0 aromatic rings. The average Bonchev–Trinajstić information content (AvgIpc) is 3.11. The summed E-state index contributed by atoms with van der Waals surface area (Å²) in [7, 11) is 0. The van der Waals surface area contributed by atoms with E-state index < -0.39 is 23.8 Å². The second-order valence-electron chi connectivity index (χ2n) is 4.80. The third-order valence-electron chi connectivity index (χ3n) is 3.12. The van der Waals surface area contributed by atoms with Crippen LogP contribution in [-0.4, -0.2) is 35.0 Å². The molecule has 0 aromatic carbocycles. The van der Waals surface area contributed by atoms with Crippen LogP contribution in [0.15, 0.2) is 0 Å². The van der Waals surface area contributed by atoms with E-state index in [0.29, 0.717) is 6.42 Å². The van der Waals surface area contributed by atoms with Gasteiger partial charge in [-0.2, -0.15) is 0 Å². The molecule has 0 spiro atoms. The molecule has 2 fully saturated rings. The Morgan fingerprint density at radius 1 is 1.24 bits per heavy atom. The number of hydrogen-bond donors (Lipinski definition) is 3. The van der Waals surface area contributed by atoms with Crippen LogP contribution in [0, 0.1) is 11.8 Å². The predicted molar refractivity (Wildman–Crippen MR) is 58.0 cm³/mol. The van der Waals surface area contributed by atoms with Gasteiger partial charge in [-0.1, -0.05) is 0 Å². The Morgan fingerprint density at radius 2 is 1.88 bits per heavy atom. The summed E-state index contributed by atoms with van der Waals surface area (Å²) in [5.74, 6) is -2.53. The van der Waals surface area contributed by atoms with Crippen LogP contribution in [0.5, 0.6) is 0 Å². The Labute approximate surface area is 98.8 Å². The molecule has 2 saturated carbocycles. The van der Waals surface area contributed by atoms with Crippen molar-refractivity contribution in [3.8, 4) is 0 Å². The molecule has 6 heteroatoms. The van der Waals surface area contributed by atoms with E-state index in [9.17, 15) is 14.4 Å². The maximum Gasteiger partial charge on any atom is 0.307 e. The molecule has 0 heterocycles. The number of carboxylic acids is 1. The fourth-order valence-corrected chi connectivity index (χ4v) is 1.70. The van der Waals surface area contributed by atoms with Gasteiger partial charge in [0.1, 0.15) is 6.04 Å². The third-order valence-corrected chi connectivity index (χ3v) is 3.12. The summed E-state index contributed by atoms with van der Waals surface area (Å²) in [6.07, 6.45) is 2.37. The SMILES string of the molecule is CC(NC(=O)C1CC1C(=O)O)C(=O)NC1CC1. The van der Waals surface area contributed by atoms with Crippen molar-refractivity contribution in [3.63, 3.8) is 0 Å². The summed E-state index contributed by atoms with van der Waals surface area (Å²) in [5, 5.41) is 14.0. The zero-order valence-electron chi connectivity index (χ0n) is 9.60. The van der Waals surface area contributed by atoms with Crippen LogP contribution in [-0.2, 0) is 14.4 Å². The number of hydrogen-bond acceptors (Lipinski definition) is 3. The van der Waals surface area contributed by atoms with Gasteiger partial charge in [0.2, 0.25) is 11.8 Å². The van der Waals surface area contributed by atoms with Gasteiger partial charge in [-0.25, -0.2) is 0 Å². The smallest absolute Gasteiger partial charge is 0.307 e. The number of aliphatic carboxylic acids is 1. The van der Waals surface area contributed by atoms with Crippen molar-refractivity contribution >= 4 is 17.8 Å². The number of carboxylic acid groups (broad SMARTS) is 1. The van der Waals surface area contributed by atoms with E-state index in [1.54, 1.807) is 6.92 Å². The zero-order chi connectivity index (χ0) is 12.6. The van der Waals surface area contributed by atoms with Crippen LogP contribution in [0.3, 0.4) is 0 Å². The summed E-state index contributed by atoms with van der Waals surface area (Å²) in [5.41, 5.74) is 0. The van der Waals surface area contributed by atoms with Crippen LogP contribution in [0.2, 0.25) is 0 Å². The normalized spacial score (nSPS) is 28.1. The number of carbonyl (C=O) groups is 3. The average molecular weight is 240 g/mol. The van der Waals surface area contributed by atoms with Crippen molar-refractivity contribution in [1.29, 1.82) is 0 Å². The van der Waals surface area contributed by atoms with E-state index >= 15 is 0 Å². The Morgan fingerprint density at radius 3 is 2.35 bits per heavy atom. The van der Waals surface area contributed by atoms with E-state index in [0.717, 1.165) is 12.8 Å². The molecule has 0 saturated heterocycles. The van der Waals surface area contributed by atoms with Gasteiger partial charge < -0.3 is 15.7 Å². The van der Waals surface area contributed by atoms with Crippen LogP contribution in [0.25, 0.3) is 0 Å². The minimum atomic E-state index is -0.944. The largest absolute Gasteiger partial charge is 0.481 e. The topological polar surface area (TPSA) is 95.5 Å². The van der Waals surface area contributed by atoms with E-state index in [1.807, 2.05) is 0 Å². The summed E-state index contributed by atoms with van der Waals surface area (Å²) >= 11 is 0. The molecule has 2 aliphatic carbocycles. The first-order valence-corrected chi connectivity index (χ1v) is 5.82. The van der Waals surface area contributed by atoms with E-state index in [-0.39, 0.29) is 17.9 Å². The Kier molecular flexibility index (Phi) is 3.04. The third kappa shape index (κ3) is 2.95. The highest BCUT2D eigenvalue weighted by molar-refractivity contribution is 5.93. The summed E-state index contributed by atoms with van der Waals surface area (Å²) in [6, 6.07) is -0.340. The maximum atomic E-state index is 11.6. The van der Waals surface area contributed by atoms with Crippen LogP contribution in [0.1, 0.15) is 26.2 Å². The first-order chi connectivity index (χ1) is 7.99. The fourth-order valence-electron chi connectivity index (χ4n) is 1.70. The van der Waals surface area contributed by atoms with Crippen LogP contribution in [0.4, 0.5) is 0 Å². The lowest BCUT2D eigenvalue weighted by Gasteiger charge is -2.13. The molecule has 17 heavy (non-hydrogen) atoms. The Balaban J connectivity index is 1.74. The molecule has 2 amide bonds. The lowest BCUT2D eigenvalue weighted by atomic mass is 10.2. The van der Waals surface area contributed by atoms with Crippen molar-refractivity contribution < 1.29 is 19.5 Å². The standard InChI is InChI=1S/C11H16N2O4/c1-5(9(14)13-6-2-3-6)12-10(15)7-4-8(7)11(16)17/h5-8H,2-4H2,1H3,(H,12,15)(H,13,14)(H,16,17). The number of carbonyl (C=O) groups excluding carboxylic acids is 2. The van der Waals surface area contributed by atoms with Gasteiger partial charge >= 0.3 is 5.97 Å². The molecule has 2 rings (SSSR count). The molecular formula is C11H16N2O4. The predicted octanol–water partition coefficient (Wildman–Crippen LogP) is -0.510. The van der Waals surface area contributed by atoms with Gasteiger partial charge in [0.15, 0.2) is 0 Å². The quantitative estimate of drug-likeness (QED) is 0.603. The fraction of sp³-hybridized carbons (Fsp3) is 0.727. The minimum absolute atomic E-state index is 0.201. The lowest BCUT2D eigenvalue weighted by molar-refractivity contribution is -0.140. The molecule has 0 aromatic heterocycles. The van der Waals surface area contributed by atoms with Crippen molar-refractivity contribution in [2.75, 3.05) is 0 Å². The molecule has 0 radical (unpaired) electrons. The van der Waals surface area contributed by atoms with Gasteiger partial charge in [-0.05, 0) is 26.2 Å². The number of nitrogens with one attached hydrogen (secondary N) is 2. The van der Waals surface area contributed by atoms with Gasteiger partial charge in [0.25, 0.3) is 0 Å². The molecule has 94 valence electrons.